The predicted molar refractivity (Wildman–Crippen MR) is 110 cm³/mol. The van der Waals surface area contributed by atoms with Crippen LogP contribution in [-0.2, 0) is 21.4 Å². The lowest BCUT2D eigenvalue weighted by molar-refractivity contribution is -0.121. The van der Waals surface area contributed by atoms with Gasteiger partial charge in [0, 0.05) is 24.8 Å². The van der Waals surface area contributed by atoms with E-state index >= 15 is 0 Å². The Kier molecular flexibility index (Phi) is 5.36. The summed E-state index contributed by atoms with van der Waals surface area (Å²) in [5, 5.41) is 0. The zero-order valence-electron chi connectivity index (χ0n) is 16.7. The van der Waals surface area contributed by atoms with Gasteiger partial charge in [-0.3, -0.25) is 9.59 Å². The van der Waals surface area contributed by atoms with E-state index in [0.29, 0.717) is 6.54 Å². The van der Waals surface area contributed by atoms with Crippen molar-refractivity contribution in [3.05, 3.63) is 59.7 Å². The molecule has 27 heavy (non-hydrogen) atoms. The quantitative estimate of drug-likeness (QED) is 0.814. The smallest absolute Gasteiger partial charge is 0.247 e. The van der Waals surface area contributed by atoms with Gasteiger partial charge in [0.05, 0.1) is 0 Å². The first kappa shape index (κ1) is 19.2. The van der Waals surface area contributed by atoms with Gasteiger partial charge in [0.25, 0.3) is 0 Å². The van der Waals surface area contributed by atoms with Crippen LogP contribution in [0.4, 0.5) is 11.4 Å². The second kappa shape index (κ2) is 7.55. The number of carbonyl (C=O) groups is 2. The molecule has 2 aromatic rings. The molecule has 0 atom stereocenters. The lowest BCUT2D eigenvalue weighted by atomic mass is 9.87. The first-order valence-electron chi connectivity index (χ1n) is 9.54. The third-order valence-corrected chi connectivity index (χ3v) is 5.13. The molecule has 2 amide bonds. The average Bonchev–Trinajstić information content (AvgIpc) is 2.64. The van der Waals surface area contributed by atoms with Crippen molar-refractivity contribution in [2.45, 2.75) is 46.0 Å². The van der Waals surface area contributed by atoms with Gasteiger partial charge < -0.3 is 9.80 Å². The molecular formula is C23H28N2O2. The molecule has 4 heteroatoms. The van der Waals surface area contributed by atoms with E-state index in [1.54, 1.807) is 4.90 Å². The highest BCUT2D eigenvalue weighted by molar-refractivity contribution is 6.03. The number of benzene rings is 2. The summed E-state index contributed by atoms with van der Waals surface area (Å²) in [6.07, 6.45) is 1.94. The van der Waals surface area contributed by atoms with Gasteiger partial charge in [-0.1, -0.05) is 51.1 Å². The number of hydrogen-bond donors (Lipinski definition) is 0. The molecule has 3 rings (SSSR count). The molecule has 0 unspecified atom stereocenters. The van der Waals surface area contributed by atoms with Crippen LogP contribution in [0.5, 0.6) is 0 Å². The molecule has 0 saturated carbocycles. The summed E-state index contributed by atoms with van der Waals surface area (Å²) in [4.78, 5) is 28.6. The number of anilines is 2. The van der Waals surface area contributed by atoms with Gasteiger partial charge in [0.15, 0.2) is 0 Å². The summed E-state index contributed by atoms with van der Waals surface area (Å²) in [5.41, 5.74) is 4.17. The molecule has 1 heterocycles. The fraction of sp³-hybridized carbons (Fsp3) is 0.391. The van der Waals surface area contributed by atoms with Gasteiger partial charge in [-0.05, 0) is 47.6 Å². The Hall–Kier alpha value is -2.62. The zero-order valence-corrected chi connectivity index (χ0v) is 16.7. The number of hydrogen-bond acceptors (Lipinski definition) is 2. The molecule has 142 valence electrons. The predicted octanol–water partition coefficient (Wildman–Crippen LogP) is 4.32. The zero-order chi connectivity index (χ0) is 19.6. The SMILES string of the molecule is CC(=O)N(CC(=O)N1CCCc2ccccc21)c1ccc(C(C)(C)C)cc1. The molecule has 0 bridgehead atoms. The van der Waals surface area contributed by atoms with Crippen LogP contribution in [-0.4, -0.2) is 24.9 Å². The molecule has 0 saturated heterocycles. The highest BCUT2D eigenvalue weighted by Gasteiger charge is 2.25. The van der Waals surface area contributed by atoms with Crippen LogP contribution in [0.1, 0.15) is 45.2 Å². The van der Waals surface area contributed by atoms with Crippen LogP contribution in [0.2, 0.25) is 0 Å². The van der Waals surface area contributed by atoms with Crippen LogP contribution in [0.3, 0.4) is 0 Å². The first-order chi connectivity index (χ1) is 12.8. The third-order valence-electron chi connectivity index (χ3n) is 5.13. The van der Waals surface area contributed by atoms with E-state index in [1.165, 1.54) is 18.1 Å². The van der Waals surface area contributed by atoms with Crippen LogP contribution in [0.25, 0.3) is 0 Å². The highest BCUT2D eigenvalue weighted by atomic mass is 16.2. The standard InChI is InChI=1S/C23H28N2O2/c1-17(26)25(20-13-11-19(12-14-20)23(2,3)4)16-22(27)24-15-7-9-18-8-5-6-10-21(18)24/h5-6,8,10-14H,7,9,15-16H2,1-4H3. The normalized spacial score (nSPS) is 13.9. The minimum absolute atomic E-state index is 0.0442. The molecule has 4 nitrogen and oxygen atoms in total. The van der Waals surface area contributed by atoms with Crippen molar-refractivity contribution in [1.82, 2.24) is 0 Å². The molecular weight excluding hydrogens is 336 g/mol. The monoisotopic (exact) mass is 364 g/mol. The summed E-state index contributed by atoms with van der Waals surface area (Å²) in [6.45, 7) is 8.73. The van der Waals surface area contributed by atoms with Crippen molar-refractivity contribution in [3.63, 3.8) is 0 Å². The van der Waals surface area contributed by atoms with Crippen molar-refractivity contribution in [2.24, 2.45) is 0 Å². The van der Waals surface area contributed by atoms with E-state index in [9.17, 15) is 9.59 Å². The van der Waals surface area contributed by atoms with Crippen molar-refractivity contribution in [3.8, 4) is 0 Å². The lowest BCUT2D eigenvalue weighted by Crippen LogP contribution is -2.44. The van der Waals surface area contributed by atoms with Crippen LogP contribution in [0.15, 0.2) is 48.5 Å². The second-order valence-corrected chi connectivity index (χ2v) is 8.18. The summed E-state index contributed by atoms with van der Waals surface area (Å²) in [7, 11) is 0. The fourth-order valence-electron chi connectivity index (χ4n) is 3.54. The van der Waals surface area contributed by atoms with Gasteiger partial charge in [-0.2, -0.15) is 0 Å². The molecule has 2 aromatic carbocycles. The number of nitrogens with zero attached hydrogens (tertiary/aromatic N) is 2. The number of fused-ring (bicyclic) bond motifs is 1. The Morgan fingerprint density at radius 2 is 1.70 bits per heavy atom. The molecule has 0 fully saturated rings. The van der Waals surface area contributed by atoms with Gasteiger partial charge in [-0.25, -0.2) is 0 Å². The molecule has 1 aliphatic heterocycles. The Morgan fingerprint density at radius 3 is 2.33 bits per heavy atom. The number of amides is 2. The van der Waals surface area contributed by atoms with E-state index in [4.69, 9.17) is 0 Å². The Morgan fingerprint density at radius 1 is 1.04 bits per heavy atom. The molecule has 0 N–H and O–H groups in total. The summed E-state index contributed by atoms with van der Waals surface area (Å²) in [5.74, 6) is -0.172. The van der Waals surface area contributed by atoms with Gasteiger partial charge in [-0.15, -0.1) is 0 Å². The second-order valence-electron chi connectivity index (χ2n) is 8.18. The first-order valence-corrected chi connectivity index (χ1v) is 9.54. The van der Waals surface area contributed by atoms with Crippen molar-refractivity contribution < 1.29 is 9.59 Å². The Balaban J connectivity index is 1.81. The van der Waals surface area contributed by atoms with Crippen molar-refractivity contribution in [1.29, 1.82) is 0 Å². The minimum Gasteiger partial charge on any atom is -0.311 e. The van der Waals surface area contributed by atoms with Crippen molar-refractivity contribution >= 4 is 23.2 Å². The number of para-hydroxylation sites is 1. The summed E-state index contributed by atoms with van der Waals surface area (Å²) >= 11 is 0. The molecule has 0 aliphatic carbocycles. The molecule has 0 radical (unpaired) electrons. The number of aryl methyl sites for hydroxylation is 1. The van der Waals surface area contributed by atoms with E-state index < -0.39 is 0 Å². The maximum absolute atomic E-state index is 13.0. The lowest BCUT2D eigenvalue weighted by Gasteiger charge is -2.31. The van der Waals surface area contributed by atoms with Gasteiger partial charge in [0.2, 0.25) is 11.8 Å². The number of carbonyl (C=O) groups excluding carboxylic acids is 2. The Bertz CT molecular complexity index is 834. The van der Waals surface area contributed by atoms with E-state index in [0.717, 1.165) is 24.2 Å². The number of rotatable bonds is 3. The van der Waals surface area contributed by atoms with Crippen LogP contribution in [0, 0.1) is 0 Å². The summed E-state index contributed by atoms with van der Waals surface area (Å²) in [6, 6.07) is 16.0. The highest BCUT2D eigenvalue weighted by Crippen LogP contribution is 2.28. The van der Waals surface area contributed by atoms with E-state index in [-0.39, 0.29) is 23.8 Å². The van der Waals surface area contributed by atoms with Gasteiger partial charge in [0.1, 0.15) is 6.54 Å². The van der Waals surface area contributed by atoms with Gasteiger partial charge >= 0.3 is 0 Å². The average molecular weight is 364 g/mol. The Labute approximate surface area is 161 Å². The van der Waals surface area contributed by atoms with Crippen molar-refractivity contribution in [2.75, 3.05) is 22.9 Å². The maximum Gasteiger partial charge on any atom is 0.247 e. The maximum atomic E-state index is 13.0. The fourth-order valence-corrected chi connectivity index (χ4v) is 3.54. The van der Waals surface area contributed by atoms with Crippen LogP contribution >= 0.6 is 0 Å². The minimum atomic E-state index is -0.128. The molecule has 0 spiro atoms. The summed E-state index contributed by atoms with van der Waals surface area (Å²) < 4.78 is 0. The van der Waals surface area contributed by atoms with Crippen LogP contribution < -0.4 is 9.80 Å². The largest absolute Gasteiger partial charge is 0.311 e. The topological polar surface area (TPSA) is 40.6 Å². The van der Waals surface area contributed by atoms with E-state index in [1.807, 2.05) is 47.4 Å². The van der Waals surface area contributed by atoms with E-state index in [2.05, 4.69) is 26.8 Å². The third kappa shape index (κ3) is 4.21. The molecule has 1 aliphatic rings. The molecule has 0 aromatic heterocycles.